The van der Waals surface area contributed by atoms with Crippen LogP contribution in [0.15, 0.2) is 91.0 Å². The third kappa shape index (κ3) is 24.5. The standard InChI is InChI=1S/3C6H5.3Ba.H3O4P/c3*1-2-4-6-5-3-1;;;;1-5(2,3)4/h3*1-5H;;;;(H3,1,2,3,4)/q;;;3*+1;/p-3. The molecule has 3 aromatic carbocycles. The number of benzene rings is 3. The minimum atomic E-state index is -5.39. The molecule has 0 aliphatic carbocycles. The molecule has 0 saturated carbocycles. The van der Waals surface area contributed by atoms with E-state index >= 15 is 0 Å². The predicted octanol–water partition coefficient (Wildman–Crippen LogP) is -1.38. The molecule has 0 saturated heterocycles. The SMILES string of the molecule is O=P([O-])([O-])[O-].[Ba+][c]1ccccc1.[Ba+][c]1ccccc1.[Ba+][c]1ccccc1. The van der Waals surface area contributed by atoms with Gasteiger partial charge in [-0.25, -0.2) is 0 Å². The van der Waals surface area contributed by atoms with E-state index in [-0.39, 0.29) is 0 Å². The normalized spacial score (nSPS) is 9.42. The Hall–Kier alpha value is 2.48. The van der Waals surface area contributed by atoms with Crippen molar-refractivity contribution in [3.8, 4) is 0 Å². The predicted molar refractivity (Wildman–Crippen MR) is 103 cm³/mol. The molecule has 0 fully saturated rings. The van der Waals surface area contributed by atoms with Gasteiger partial charge < -0.3 is 19.2 Å². The van der Waals surface area contributed by atoms with Gasteiger partial charge in [0.25, 0.3) is 0 Å². The zero-order valence-corrected chi connectivity index (χ0v) is 28.6. The summed E-state index contributed by atoms with van der Waals surface area (Å²) in [5.74, 6) is 0. The fourth-order valence-electron chi connectivity index (χ4n) is 1.43. The molecule has 0 aromatic heterocycles. The van der Waals surface area contributed by atoms with E-state index in [4.69, 9.17) is 19.2 Å². The second-order valence-corrected chi connectivity index (χ2v) is 13.5. The van der Waals surface area contributed by atoms with Gasteiger partial charge in [0.05, 0.1) is 0 Å². The van der Waals surface area contributed by atoms with E-state index in [0.29, 0.717) is 0 Å². The third-order valence-electron chi connectivity index (χ3n) is 2.53. The summed E-state index contributed by atoms with van der Waals surface area (Å²) in [7, 11) is -5.39. The van der Waals surface area contributed by atoms with Gasteiger partial charge in [0.2, 0.25) is 0 Å². The van der Waals surface area contributed by atoms with Crippen LogP contribution in [0.25, 0.3) is 0 Å². The monoisotopic (exact) mass is 740 g/mol. The van der Waals surface area contributed by atoms with Crippen molar-refractivity contribution in [3.63, 3.8) is 0 Å². The van der Waals surface area contributed by atoms with Crippen LogP contribution in [-0.2, 0) is 4.57 Å². The van der Waals surface area contributed by atoms with E-state index in [1.807, 2.05) is 0 Å². The molecule has 0 heterocycles. The Morgan fingerprint density at radius 1 is 0.500 bits per heavy atom. The van der Waals surface area contributed by atoms with Crippen LogP contribution >= 0.6 is 7.82 Å². The van der Waals surface area contributed by atoms with Crippen molar-refractivity contribution in [2.24, 2.45) is 0 Å². The summed E-state index contributed by atoms with van der Waals surface area (Å²) >= 11 is 2.43. The zero-order chi connectivity index (χ0) is 19.8. The van der Waals surface area contributed by atoms with Crippen LogP contribution in [0.4, 0.5) is 0 Å². The Balaban J connectivity index is 0.000000324. The minimum absolute atomic E-state index is 0.810. The van der Waals surface area contributed by atoms with E-state index in [1.54, 1.807) is 0 Å². The maximum absolute atomic E-state index is 8.55. The fourth-order valence-corrected chi connectivity index (χ4v) is 4.00. The molecule has 0 bridgehead atoms. The number of rotatable bonds is 0. The molecule has 3 aromatic rings. The van der Waals surface area contributed by atoms with Crippen LogP contribution < -0.4 is 14.8 Å². The Morgan fingerprint density at radius 3 is 0.731 bits per heavy atom. The summed E-state index contributed by atoms with van der Waals surface area (Å²) in [6, 6.07) is 31.7. The van der Waals surface area contributed by atoms with Crippen molar-refractivity contribution in [3.05, 3.63) is 91.0 Å². The van der Waals surface area contributed by atoms with E-state index in [2.05, 4.69) is 91.0 Å². The molecular weight excluding hydrogens is 723 g/mol. The van der Waals surface area contributed by atoms with Gasteiger partial charge in [-0.05, 0) is 0 Å². The first kappa shape index (κ1) is 28.5. The molecule has 0 spiro atoms. The van der Waals surface area contributed by atoms with Gasteiger partial charge in [0.15, 0.2) is 0 Å². The molecule has 0 radical (unpaired) electrons. The number of phosphoric acid groups is 1. The molecule has 0 aliphatic rings. The quantitative estimate of drug-likeness (QED) is 0.211. The molecule has 0 atom stereocenters. The Bertz CT molecular complexity index is 641. The average molecular weight is 738 g/mol. The van der Waals surface area contributed by atoms with E-state index in [0.717, 1.165) is 140 Å². The number of hydrogen-bond acceptors (Lipinski definition) is 4. The molecule has 3 rings (SSSR count). The van der Waals surface area contributed by atoms with Gasteiger partial charge in [-0.1, -0.05) is 0 Å². The number of hydrogen-bond donors (Lipinski definition) is 0. The van der Waals surface area contributed by atoms with E-state index in [9.17, 15) is 0 Å². The van der Waals surface area contributed by atoms with Crippen LogP contribution in [0.5, 0.6) is 0 Å². The van der Waals surface area contributed by atoms with Crippen molar-refractivity contribution in [2.75, 3.05) is 0 Å². The summed E-state index contributed by atoms with van der Waals surface area (Å²) in [5, 5.41) is 0. The summed E-state index contributed by atoms with van der Waals surface area (Å²) in [6.45, 7) is 0. The van der Waals surface area contributed by atoms with Gasteiger partial charge in [0, 0.05) is 0 Å². The van der Waals surface area contributed by atoms with Gasteiger partial charge in [-0.3, -0.25) is 0 Å². The van der Waals surface area contributed by atoms with Crippen LogP contribution in [-0.4, -0.2) is 140 Å². The van der Waals surface area contributed by atoms with Crippen LogP contribution in [0, 0.1) is 0 Å². The summed E-state index contributed by atoms with van der Waals surface area (Å²) in [6.07, 6.45) is 0. The molecule has 0 unspecified atom stereocenters. The molecule has 4 nitrogen and oxygen atoms in total. The Morgan fingerprint density at radius 2 is 0.654 bits per heavy atom. The molecule has 122 valence electrons. The maximum atomic E-state index is 8.55. The summed E-state index contributed by atoms with van der Waals surface area (Å²) in [5.41, 5.74) is 0. The summed E-state index contributed by atoms with van der Waals surface area (Å²) < 4.78 is 13.1. The first-order chi connectivity index (χ1) is 12.2. The Kier molecular flexibility index (Phi) is 20.0. The summed E-state index contributed by atoms with van der Waals surface area (Å²) in [4.78, 5) is 25.6. The molecule has 0 amide bonds. The van der Waals surface area contributed by atoms with Gasteiger partial charge in [-0.15, -0.1) is 0 Å². The zero-order valence-electron chi connectivity index (χ0n) is 14.4. The first-order valence-corrected chi connectivity index (χ1v) is 15.6. The van der Waals surface area contributed by atoms with Gasteiger partial charge in [0.1, 0.15) is 0 Å². The molecule has 8 heteroatoms. The molecule has 0 aliphatic heterocycles. The van der Waals surface area contributed by atoms with Crippen LogP contribution in [0.2, 0.25) is 0 Å². The van der Waals surface area contributed by atoms with Gasteiger partial charge >= 0.3 is 231 Å². The van der Waals surface area contributed by atoms with Crippen molar-refractivity contribution in [1.82, 2.24) is 0 Å². The van der Waals surface area contributed by atoms with E-state index in [1.165, 1.54) is 0.0941 Å². The van der Waals surface area contributed by atoms with Crippen molar-refractivity contribution in [1.29, 1.82) is 0 Å². The molecule has 0 N–H and O–H groups in total. The first-order valence-electron chi connectivity index (χ1n) is 7.52. The Labute approximate surface area is 251 Å². The van der Waals surface area contributed by atoms with Gasteiger partial charge in [-0.2, -0.15) is 7.82 Å². The van der Waals surface area contributed by atoms with E-state index < -0.39 is 7.82 Å². The molecular formula is C18H15Ba3O4P. The van der Waals surface area contributed by atoms with Crippen LogP contribution in [0.1, 0.15) is 0 Å². The van der Waals surface area contributed by atoms with Crippen LogP contribution in [0.3, 0.4) is 0 Å². The third-order valence-corrected chi connectivity index (χ3v) is 6.97. The van der Waals surface area contributed by atoms with Crippen molar-refractivity contribution < 1.29 is 19.2 Å². The second kappa shape index (κ2) is 18.3. The molecule has 26 heavy (non-hydrogen) atoms. The average Bonchev–Trinajstić information content (AvgIpc) is 2.57. The fraction of sp³-hybridized carbons (Fsp3) is 0. The topological polar surface area (TPSA) is 86.2 Å². The van der Waals surface area contributed by atoms with Crippen molar-refractivity contribution in [2.45, 2.75) is 0 Å². The second-order valence-electron chi connectivity index (χ2n) is 4.90. The van der Waals surface area contributed by atoms with Crippen molar-refractivity contribution >= 4 is 148 Å².